The molecule has 4 aromatic carbocycles. The molecule has 0 nitrogen and oxygen atoms in total. The van der Waals surface area contributed by atoms with Crippen molar-refractivity contribution in [3.8, 4) is 0 Å². The molecule has 0 saturated carbocycles. The van der Waals surface area contributed by atoms with Gasteiger partial charge in [-0.05, 0) is 67.0 Å². The Balaban J connectivity index is 2.27. The van der Waals surface area contributed by atoms with E-state index in [1.165, 1.54) is 32.3 Å². The van der Waals surface area contributed by atoms with Crippen molar-refractivity contribution in [2.75, 3.05) is 0 Å². The van der Waals surface area contributed by atoms with E-state index < -0.39 is 0 Å². The van der Waals surface area contributed by atoms with Crippen LogP contribution in [-0.4, -0.2) is 0 Å². The molecule has 0 heterocycles. The molecule has 20 heavy (non-hydrogen) atoms. The lowest BCUT2D eigenvalue weighted by Crippen LogP contribution is -2.20. The number of hydrogen-bond donors (Lipinski definition) is 0. The topological polar surface area (TPSA) is 0 Å². The minimum atomic E-state index is 0.997. The van der Waals surface area contributed by atoms with Gasteiger partial charge in [0.05, 0.1) is 0 Å². The molecule has 0 aromatic heterocycles. The smallest absolute Gasteiger partial charge is 0.00990 e. The zero-order valence-electron chi connectivity index (χ0n) is 11.2. The van der Waals surface area contributed by atoms with Gasteiger partial charge in [-0.1, -0.05) is 49.6 Å². The summed E-state index contributed by atoms with van der Waals surface area (Å²) in [5.74, 6) is 0. The van der Waals surface area contributed by atoms with Gasteiger partial charge in [-0.15, -0.1) is 0 Å². The second-order valence-electron chi connectivity index (χ2n) is 5.33. The predicted molar refractivity (Wildman–Crippen MR) is 89.3 cm³/mol. The van der Waals surface area contributed by atoms with E-state index in [0.29, 0.717) is 0 Å². The summed E-state index contributed by atoms with van der Waals surface area (Å²) in [7, 11) is 0. The number of rotatable bonds is 0. The van der Waals surface area contributed by atoms with Crippen LogP contribution in [0.2, 0.25) is 0 Å². The molecule has 0 radical (unpaired) electrons. The van der Waals surface area contributed by atoms with Gasteiger partial charge in [-0.3, -0.25) is 0 Å². The Morgan fingerprint density at radius 1 is 0.500 bits per heavy atom. The van der Waals surface area contributed by atoms with E-state index in [1.807, 2.05) is 0 Å². The molecule has 4 aromatic rings. The molecule has 0 aliphatic carbocycles. The first-order valence-electron chi connectivity index (χ1n) is 6.75. The Kier molecular flexibility index (Phi) is 2.22. The first-order valence-corrected chi connectivity index (χ1v) is 6.75. The van der Waals surface area contributed by atoms with Gasteiger partial charge in [0.2, 0.25) is 0 Å². The van der Waals surface area contributed by atoms with Gasteiger partial charge < -0.3 is 0 Å². The summed E-state index contributed by atoms with van der Waals surface area (Å²) in [4.78, 5) is 0. The van der Waals surface area contributed by atoms with Crippen molar-refractivity contribution >= 4 is 45.5 Å². The molecule has 0 heteroatoms. The highest BCUT2D eigenvalue weighted by Crippen LogP contribution is 2.28. The molecule has 0 aliphatic rings. The SMILES string of the molecule is C=c1cc2cc3ccc4ccccc4c3cc2cc1=C. The van der Waals surface area contributed by atoms with Crippen LogP contribution < -0.4 is 10.4 Å². The van der Waals surface area contributed by atoms with Gasteiger partial charge >= 0.3 is 0 Å². The fourth-order valence-electron chi connectivity index (χ4n) is 2.90. The van der Waals surface area contributed by atoms with E-state index in [-0.39, 0.29) is 0 Å². The van der Waals surface area contributed by atoms with Crippen LogP contribution in [0.15, 0.2) is 60.7 Å². The Morgan fingerprint density at radius 3 is 1.95 bits per heavy atom. The number of benzene rings is 4. The Bertz CT molecular complexity index is 1070. The third-order valence-electron chi connectivity index (χ3n) is 4.02. The predicted octanol–water partition coefficient (Wildman–Crippen LogP) is 3.97. The van der Waals surface area contributed by atoms with Crippen LogP contribution in [-0.2, 0) is 0 Å². The maximum atomic E-state index is 4.05. The highest BCUT2D eigenvalue weighted by molar-refractivity contribution is 6.12. The van der Waals surface area contributed by atoms with E-state index in [4.69, 9.17) is 0 Å². The van der Waals surface area contributed by atoms with E-state index in [0.717, 1.165) is 10.4 Å². The van der Waals surface area contributed by atoms with Crippen molar-refractivity contribution < 1.29 is 0 Å². The molecule has 0 spiro atoms. The summed E-state index contributed by atoms with van der Waals surface area (Å²) < 4.78 is 0. The average molecular weight is 254 g/mol. The fraction of sp³-hybridized carbons (Fsp3) is 0. The van der Waals surface area contributed by atoms with E-state index >= 15 is 0 Å². The molecule has 0 saturated heterocycles. The van der Waals surface area contributed by atoms with Crippen LogP contribution in [0.3, 0.4) is 0 Å². The molecular formula is C20H14. The first kappa shape index (κ1) is 11.2. The van der Waals surface area contributed by atoms with E-state index in [9.17, 15) is 0 Å². The average Bonchev–Trinajstić information content (AvgIpc) is 2.47. The lowest BCUT2D eigenvalue weighted by molar-refractivity contribution is 1.61. The summed E-state index contributed by atoms with van der Waals surface area (Å²) >= 11 is 0. The van der Waals surface area contributed by atoms with Gasteiger partial charge in [0.1, 0.15) is 0 Å². The molecule has 94 valence electrons. The van der Waals surface area contributed by atoms with Crippen LogP contribution in [0.5, 0.6) is 0 Å². The Morgan fingerprint density at radius 2 is 1.15 bits per heavy atom. The highest BCUT2D eigenvalue weighted by atomic mass is 14.1. The maximum absolute atomic E-state index is 4.05. The van der Waals surface area contributed by atoms with Gasteiger partial charge in [0.15, 0.2) is 0 Å². The summed E-state index contributed by atoms with van der Waals surface area (Å²) in [5.41, 5.74) is 0. The lowest BCUT2D eigenvalue weighted by atomic mass is 9.98. The van der Waals surface area contributed by atoms with Crippen molar-refractivity contribution in [2.45, 2.75) is 0 Å². The summed E-state index contributed by atoms with van der Waals surface area (Å²) in [5, 5.41) is 9.60. The van der Waals surface area contributed by atoms with E-state index in [1.54, 1.807) is 0 Å². The largest absolute Gasteiger partial charge is 0.0912 e. The zero-order valence-corrected chi connectivity index (χ0v) is 11.2. The molecule has 0 unspecified atom stereocenters. The first-order chi connectivity index (χ1) is 9.72. The Hall–Kier alpha value is -2.60. The van der Waals surface area contributed by atoms with Gasteiger partial charge in [-0.25, -0.2) is 0 Å². The normalized spacial score (nSPS) is 11.4. The van der Waals surface area contributed by atoms with Gasteiger partial charge in [0.25, 0.3) is 0 Å². The molecule has 0 amide bonds. The molecule has 0 atom stereocenters. The van der Waals surface area contributed by atoms with Crippen molar-refractivity contribution in [3.05, 3.63) is 71.1 Å². The van der Waals surface area contributed by atoms with Crippen LogP contribution in [0, 0.1) is 0 Å². The van der Waals surface area contributed by atoms with Crippen LogP contribution in [0.1, 0.15) is 0 Å². The second kappa shape index (κ2) is 3.94. The standard InChI is InChI=1S/C20H14/c1-13-9-17-11-16-8-7-15-5-3-4-6-19(15)20(16)12-18(17)10-14(13)2/h3-12H,1-2H2. The minimum absolute atomic E-state index is 0.997. The van der Waals surface area contributed by atoms with E-state index in [2.05, 4.69) is 73.8 Å². The van der Waals surface area contributed by atoms with Crippen molar-refractivity contribution in [2.24, 2.45) is 0 Å². The zero-order chi connectivity index (χ0) is 13.7. The van der Waals surface area contributed by atoms with Crippen LogP contribution in [0.4, 0.5) is 0 Å². The Labute approximate surface area is 117 Å². The van der Waals surface area contributed by atoms with Crippen molar-refractivity contribution in [3.63, 3.8) is 0 Å². The van der Waals surface area contributed by atoms with Crippen LogP contribution >= 0.6 is 0 Å². The lowest BCUT2D eigenvalue weighted by Gasteiger charge is -2.06. The van der Waals surface area contributed by atoms with Crippen molar-refractivity contribution in [1.29, 1.82) is 0 Å². The number of hydrogen-bond acceptors (Lipinski definition) is 0. The molecule has 0 aliphatic heterocycles. The molecule has 0 N–H and O–H groups in total. The molecular weight excluding hydrogens is 240 g/mol. The highest BCUT2D eigenvalue weighted by Gasteiger charge is 2.02. The molecule has 0 fully saturated rings. The minimum Gasteiger partial charge on any atom is -0.0912 e. The van der Waals surface area contributed by atoms with Gasteiger partial charge in [-0.2, -0.15) is 0 Å². The quantitative estimate of drug-likeness (QED) is 0.329. The van der Waals surface area contributed by atoms with Crippen LogP contribution in [0.25, 0.3) is 45.5 Å². The summed E-state index contributed by atoms with van der Waals surface area (Å²) in [6.07, 6.45) is 0. The third-order valence-corrected chi connectivity index (χ3v) is 4.02. The van der Waals surface area contributed by atoms with Crippen molar-refractivity contribution in [1.82, 2.24) is 0 Å². The van der Waals surface area contributed by atoms with Gasteiger partial charge in [0, 0.05) is 0 Å². The second-order valence-corrected chi connectivity index (χ2v) is 5.33. The monoisotopic (exact) mass is 254 g/mol. The summed E-state index contributed by atoms with van der Waals surface area (Å²) in [6, 6.07) is 21.6. The molecule has 0 bridgehead atoms. The molecule has 4 rings (SSSR count). The fourth-order valence-corrected chi connectivity index (χ4v) is 2.90. The maximum Gasteiger partial charge on any atom is -0.00990 e. The third kappa shape index (κ3) is 1.55. The summed E-state index contributed by atoms with van der Waals surface area (Å²) in [6.45, 7) is 8.09. The number of fused-ring (bicyclic) bond motifs is 4.